The number of rotatable bonds is 6. The van der Waals surface area contributed by atoms with Gasteiger partial charge in [0.1, 0.15) is 11.6 Å². The smallest absolute Gasteiger partial charge is 0.227 e. The molecule has 1 aliphatic heterocycles. The topological polar surface area (TPSA) is 58.6 Å². The van der Waals surface area contributed by atoms with Gasteiger partial charge in [0.05, 0.1) is 19.4 Å². The first kappa shape index (κ1) is 22.5. The van der Waals surface area contributed by atoms with Gasteiger partial charge in [0, 0.05) is 25.2 Å². The Hall–Kier alpha value is -3.67. The van der Waals surface area contributed by atoms with E-state index in [9.17, 15) is 14.0 Å². The molecule has 1 fully saturated rings. The van der Waals surface area contributed by atoms with Crippen molar-refractivity contribution in [3.8, 4) is 16.9 Å². The number of nitrogens with one attached hydrogen (secondary N) is 1. The Balaban J connectivity index is 1.42. The molecule has 0 spiro atoms. The fourth-order valence-corrected chi connectivity index (χ4v) is 4.11. The van der Waals surface area contributed by atoms with Crippen LogP contribution in [-0.2, 0) is 22.4 Å². The van der Waals surface area contributed by atoms with Gasteiger partial charge in [-0.15, -0.1) is 0 Å². The zero-order valence-corrected chi connectivity index (χ0v) is 18.6. The van der Waals surface area contributed by atoms with Gasteiger partial charge in [-0.25, -0.2) is 4.39 Å². The predicted molar refractivity (Wildman–Crippen MR) is 125 cm³/mol. The summed E-state index contributed by atoms with van der Waals surface area (Å²) in [5, 5.41) is 2.92. The molecule has 2 amide bonds. The first-order valence-corrected chi connectivity index (χ1v) is 11.1. The number of ether oxygens (including phenoxy) is 1. The lowest BCUT2D eigenvalue weighted by atomic mass is 9.95. The molecule has 0 aromatic heterocycles. The second kappa shape index (κ2) is 10.3. The second-order valence-corrected chi connectivity index (χ2v) is 8.23. The van der Waals surface area contributed by atoms with E-state index in [0.29, 0.717) is 31.6 Å². The molecule has 1 N–H and O–H groups in total. The summed E-state index contributed by atoms with van der Waals surface area (Å²) in [5.74, 6) is 0.0902. The van der Waals surface area contributed by atoms with Gasteiger partial charge < -0.3 is 15.0 Å². The molecular formula is C27H27FN2O3. The summed E-state index contributed by atoms with van der Waals surface area (Å²) in [4.78, 5) is 27.3. The maximum absolute atomic E-state index is 14.1. The van der Waals surface area contributed by atoms with Crippen molar-refractivity contribution < 1.29 is 18.7 Å². The van der Waals surface area contributed by atoms with Crippen molar-refractivity contribution >= 4 is 11.8 Å². The van der Waals surface area contributed by atoms with Gasteiger partial charge in [-0.3, -0.25) is 9.59 Å². The highest BCUT2D eigenvalue weighted by atomic mass is 19.1. The summed E-state index contributed by atoms with van der Waals surface area (Å²) in [5.41, 5.74) is 3.22. The number of amides is 2. The van der Waals surface area contributed by atoms with Crippen molar-refractivity contribution in [3.05, 3.63) is 89.7 Å². The van der Waals surface area contributed by atoms with Crippen LogP contribution in [0.2, 0.25) is 0 Å². The van der Waals surface area contributed by atoms with E-state index in [2.05, 4.69) is 5.32 Å². The van der Waals surface area contributed by atoms with Crippen LogP contribution >= 0.6 is 0 Å². The van der Waals surface area contributed by atoms with E-state index in [1.807, 2.05) is 48.5 Å². The lowest BCUT2D eigenvalue weighted by Crippen LogP contribution is -2.38. The van der Waals surface area contributed by atoms with Gasteiger partial charge in [-0.05, 0) is 41.3 Å². The Morgan fingerprint density at radius 2 is 1.73 bits per heavy atom. The minimum atomic E-state index is -0.341. The largest absolute Gasteiger partial charge is 0.497 e. The number of methoxy groups -OCH3 is 1. The maximum Gasteiger partial charge on any atom is 0.227 e. The number of benzene rings is 3. The van der Waals surface area contributed by atoms with Gasteiger partial charge in [0.15, 0.2) is 0 Å². The molecule has 1 atom stereocenters. The molecule has 3 aromatic carbocycles. The Morgan fingerprint density at radius 1 is 1.03 bits per heavy atom. The van der Waals surface area contributed by atoms with E-state index in [0.717, 1.165) is 22.4 Å². The summed E-state index contributed by atoms with van der Waals surface area (Å²) < 4.78 is 19.2. The third kappa shape index (κ3) is 5.58. The van der Waals surface area contributed by atoms with Crippen molar-refractivity contribution in [2.75, 3.05) is 26.7 Å². The average Bonchev–Trinajstić information content (AvgIpc) is 3.02. The molecule has 1 aliphatic rings. The molecular weight excluding hydrogens is 419 g/mol. The van der Waals surface area contributed by atoms with Gasteiger partial charge >= 0.3 is 0 Å². The molecule has 33 heavy (non-hydrogen) atoms. The summed E-state index contributed by atoms with van der Waals surface area (Å²) in [6, 6.07) is 21.7. The fraction of sp³-hybridized carbons (Fsp3) is 0.259. The Morgan fingerprint density at radius 3 is 2.42 bits per heavy atom. The fourth-order valence-electron chi connectivity index (χ4n) is 4.11. The number of nitrogens with zero attached hydrogens (tertiary/aromatic N) is 1. The van der Waals surface area contributed by atoms with Gasteiger partial charge in [0.25, 0.3) is 0 Å². The third-order valence-corrected chi connectivity index (χ3v) is 5.98. The average molecular weight is 447 g/mol. The lowest BCUT2D eigenvalue weighted by Gasteiger charge is -2.23. The van der Waals surface area contributed by atoms with E-state index in [1.165, 1.54) is 6.07 Å². The molecule has 4 rings (SSSR count). The van der Waals surface area contributed by atoms with Crippen LogP contribution in [-0.4, -0.2) is 43.5 Å². The minimum Gasteiger partial charge on any atom is -0.497 e. The number of hydrogen-bond acceptors (Lipinski definition) is 3. The normalized spacial score (nSPS) is 16.1. The van der Waals surface area contributed by atoms with Crippen LogP contribution < -0.4 is 10.1 Å². The van der Waals surface area contributed by atoms with Crippen LogP contribution in [0.1, 0.15) is 11.1 Å². The zero-order chi connectivity index (χ0) is 23.2. The first-order chi connectivity index (χ1) is 16.0. The monoisotopic (exact) mass is 446 g/mol. The highest BCUT2D eigenvalue weighted by molar-refractivity contribution is 5.83. The third-order valence-electron chi connectivity index (χ3n) is 5.98. The molecule has 3 aromatic rings. The predicted octanol–water partition coefficient (Wildman–Crippen LogP) is 3.86. The van der Waals surface area contributed by atoms with Gasteiger partial charge in [-0.1, -0.05) is 54.6 Å². The molecule has 1 saturated heterocycles. The highest BCUT2D eigenvalue weighted by Crippen LogP contribution is 2.24. The summed E-state index contributed by atoms with van der Waals surface area (Å²) in [7, 11) is 1.61. The van der Waals surface area contributed by atoms with Crippen LogP contribution in [0.3, 0.4) is 0 Å². The second-order valence-electron chi connectivity index (χ2n) is 8.23. The number of hydrogen-bond donors (Lipinski definition) is 1. The standard InChI is InChI=1S/C27H27FN2O3/c1-33-23-12-8-20(9-13-23)17-26(31)30-15-14-29-27(32)22(18-30)16-19-6-10-21(11-7-19)24-4-2-3-5-25(24)28/h2-13,22H,14-18H2,1H3,(H,29,32)/t22-/m1/s1. The van der Waals surface area contributed by atoms with Crippen LogP contribution in [0.25, 0.3) is 11.1 Å². The Kier molecular flexibility index (Phi) is 7.03. The summed E-state index contributed by atoms with van der Waals surface area (Å²) in [6.07, 6.45) is 0.790. The molecule has 170 valence electrons. The molecule has 5 nitrogen and oxygen atoms in total. The molecule has 0 radical (unpaired) electrons. The van der Waals surface area contributed by atoms with E-state index < -0.39 is 0 Å². The van der Waals surface area contributed by atoms with Crippen molar-refractivity contribution in [3.63, 3.8) is 0 Å². The minimum absolute atomic E-state index is 0.00318. The van der Waals surface area contributed by atoms with Crippen molar-refractivity contribution in [1.82, 2.24) is 10.2 Å². The maximum atomic E-state index is 14.1. The quantitative estimate of drug-likeness (QED) is 0.626. The van der Waals surface area contributed by atoms with E-state index >= 15 is 0 Å². The zero-order valence-electron chi connectivity index (χ0n) is 18.6. The van der Waals surface area contributed by atoms with Crippen molar-refractivity contribution in [2.45, 2.75) is 12.8 Å². The highest BCUT2D eigenvalue weighted by Gasteiger charge is 2.27. The molecule has 0 saturated carbocycles. The summed E-state index contributed by atoms with van der Waals surface area (Å²) >= 11 is 0. The SMILES string of the molecule is COc1ccc(CC(=O)N2CCNC(=O)[C@H](Cc3ccc(-c4ccccc4F)cc3)C2)cc1. The van der Waals surface area contributed by atoms with E-state index in [-0.39, 0.29) is 30.0 Å². The molecule has 0 unspecified atom stereocenters. The lowest BCUT2D eigenvalue weighted by molar-refractivity contribution is -0.131. The van der Waals surface area contributed by atoms with Crippen molar-refractivity contribution in [2.24, 2.45) is 5.92 Å². The van der Waals surface area contributed by atoms with E-state index in [4.69, 9.17) is 4.74 Å². The Labute approximate surface area is 193 Å². The first-order valence-electron chi connectivity index (χ1n) is 11.1. The van der Waals surface area contributed by atoms with Crippen molar-refractivity contribution in [1.29, 1.82) is 0 Å². The molecule has 6 heteroatoms. The molecule has 0 aliphatic carbocycles. The summed E-state index contributed by atoms with van der Waals surface area (Å²) in [6.45, 7) is 1.30. The number of halogens is 1. The van der Waals surface area contributed by atoms with Crippen LogP contribution in [0.15, 0.2) is 72.8 Å². The number of carbonyl (C=O) groups excluding carboxylic acids is 2. The van der Waals surface area contributed by atoms with Gasteiger partial charge in [0.2, 0.25) is 11.8 Å². The Bertz CT molecular complexity index is 1110. The molecule has 0 bridgehead atoms. The van der Waals surface area contributed by atoms with Crippen LogP contribution in [0.5, 0.6) is 5.75 Å². The van der Waals surface area contributed by atoms with E-state index in [1.54, 1.807) is 30.2 Å². The van der Waals surface area contributed by atoms with Gasteiger partial charge in [-0.2, -0.15) is 0 Å². The number of carbonyl (C=O) groups is 2. The van der Waals surface area contributed by atoms with Crippen LogP contribution in [0.4, 0.5) is 4.39 Å². The van der Waals surface area contributed by atoms with Crippen LogP contribution in [0, 0.1) is 11.7 Å². The molecule has 1 heterocycles.